The Bertz CT molecular complexity index is 925. The molecule has 0 aliphatic rings. The molecule has 4 nitrogen and oxygen atoms in total. The highest BCUT2D eigenvalue weighted by atomic mass is 35.5. The van der Waals surface area contributed by atoms with Gasteiger partial charge >= 0.3 is 0 Å². The van der Waals surface area contributed by atoms with Gasteiger partial charge in [-0.1, -0.05) is 41.9 Å². The quantitative estimate of drug-likeness (QED) is 0.678. The molecule has 2 aromatic carbocycles. The van der Waals surface area contributed by atoms with Gasteiger partial charge in [-0.05, 0) is 41.3 Å². The first kappa shape index (κ1) is 18.2. The Morgan fingerprint density at radius 1 is 1.08 bits per heavy atom. The predicted molar refractivity (Wildman–Crippen MR) is 106 cm³/mol. The lowest BCUT2D eigenvalue weighted by Gasteiger charge is -2.18. The van der Waals surface area contributed by atoms with Gasteiger partial charge in [0.1, 0.15) is 0 Å². The molecule has 0 atom stereocenters. The van der Waals surface area contributed by atoms with Gasteiger partial charge in [0.25, 0.3) is 11.8 Å². The molecule has 0 saturated carbocycles. The maximum absolute atomic E-state index is 12.7. The van der Waals surface area contributed by atoms with Crippen molar-refractivity contribution in [3.8, 4) is 0 Å². The van der Waals surface area contributed by atoms with Gasteiger partial charge in [-0.2, -0.15) is 0 Å². The zero-order valence-electron chi connectivity index (χ0n) is 14.1. The van der Waals surface area contributed by atoms with Crippen LogP contribution >= 0.6 is 22.9 Å². The van der Waals surface area contributed by atoms with Crippen LogP contribution in [0.5, 0.6) is 0 Å². The van der Waals surface area contributed by atoms with Crippen molar-refractivity contribution < 1.29 is 9.59 Å². The Hall–Kier alpha value is -2.63. The summed E-state index contributed by atoms with van der Waals surface area (Å²) in [5.41, 5.74) is 1.97. The van der Waals surface area contributed by atoms with Gasteiger partial charge in [0, 0.05) is 29.9 Å². The van der Waals surface area contributed by atoms with E-state index in [1.807, 2.05) is 29.6 Å². The fourth-order valence-electron chi connectivity index (χ4n) is 2.50. The number of hydrogen-bond acceptors (Lipinski definition) is 3. The second kappa shape index (κ2) is 8.17. The summed E-state index contributed by atoms with van der Waals surface area (Å²) in [4.78, 5) is 27.1. The average molecular weight is 385 g/mol. The first-order chi connectivity index (χ1) is 12.5. The Balaban J connectivity index is 1.71. The van der Waals surface area contributed by atoms with Crippen LogP contribution in [0.4, 0.5) is 5.69 Å². The second-order valence-corrected chi connectivity index (χ2v) is 7.12. The molecule has 0 bridgehead atoms. The monoisotopic (exact) mass is 384 g/mol. The fraction of sp³-hybridized carbons (Fsp3) is 0.100. The number of halogens is 1. The van der Waals surface area contributed by atoms with E-state index in [0.717, 1.165) is 5.56 Å². The van der Waals surface area contributed by atoms with Crippen molar-refractivity contribution in [2.75, 3.05) is 12.4 Å². The molecular formula is C20H17ClN2O2S. The maximum atomic E-state index is 12.7. The van der Waals surface area contributed by atoms with Crippen LogP contribution in [0.25, 0.3) is 0 Å². The molecule has 1 heterocycles. The fourth-order valence-corrected chi connectivity index (χ4v) is 3.32. The minimum Gasteiger partial charge on any atom is -0.337 e. The number of anilines is 1. The molecule has 3 aromatic rings. The predicted octanol–water partition coefficient (Wildman–Crippen LogP) is 4.93. The molecule has 2 amide bonds. The molecular weight excluding hydrogens is 368 g/mol. The van der Waals surface area contributed by atoms with Crippen LogP contribution in [0.2, 0.25) is 5.02 Å². The third kappa shape index (κ3) is 4.31. The van der Waals surface area contributed by atoms with Gasteiger partial charge in [0.05, 0.1) is 4.88 Å². The zero-order chi connectivity index (χ0) is 18.5. The van der Waals surface area contributed by atoms with Gasteiger partial charge in [-0.25, -0.2) is 0 Å². The average Bonchev–Trinajstić information content (AvgIpc) is 3.18. The highest BCUT2D eigenvalue weighted by Gasteiger charge is 2.14. The topological polar surface area (TPSA) is 49.4 Å². The van der Waals surface area contributed by atoms with Crippen LogP contribution in [-0.2, 0) is 6.54 Å². The molecule has 132 valence electrons. The van der Waals surface area contributed by atoms with Gasteiger partial charge in [0.15, 0.2) is 0 Å². The van der Waals surface area contributed by atoms with E-state index in [1.54, 1.807) is 48.3 Å². The number of nitrogens with zero attached hydrogens (tertiary/aromatic N) is 1. The van der Waals surface area contributed by atoms with E-state index >= 15 is 0 Å². The highest BCUT2D eigenvalue weighted by molar-refractivity contribution is 7.12. The highest BCUT2D eigenvalue weighted by Crippen LogP contribution is 2.19. The van der Waals surface area contributed by atoms with E-state index in [0.29, 0.717) is 27.7 Å². The molecule has 6 heteroatoms. The number of carbonyl (C=O) groups excluding carboxylic acids is 2. The standard InChI is InChI=1S/C20H17ClN2O2S/c1-23(13-15-6-2-3-9-17(15)21)20(25)14-7-4-8-16(12-14)22-19(24)18-10-5-11-26-18/h2-12H,13H2,1H3,(H,22,24). The van der Waals surface area contributed by atoms with Gasteiger partial charge in [0.2, 0.25) is 0 Å². The summed E-state index contributed by atoms with van der Waals surface area (Å²) < 4.78 is 0. The Morgan fingerprint density at radius 2 is 1.88 bits per heavy atom. The molecule has 26 heavy (non-hydrogen) atoms. The summed E-state index contributed by atoms with van der Waals surface area (Å²) >= 11 is 7.53. The smallest absolute Gasteiger partial charge is 0.265 e. The first-order valence-electron chi connectivity index (χ1n) is 7.98. The molecule has 0 saturated heterocycles. The summed E-state index contributed by atoms with van der Waals surface area (Å²) in [6, 6.07) is 17.9. The zero-order valence-corrected chi connectivity index (χ0v) is 15.7. The number of amides is 2. The lowest BCUT2D eigenvalue weighted by molar-refractivity contribution is 0.0785. The molecule has 0 radical (unpaired) electrons. The van der Waals surface area contributed by atoms with Crippen LogP contribution in [0.3, 0.4) is 0 Å². The summed E-state index contributed by atoms with van der Waals surface area (Å²) in [6.07, 6.45) is 0. The van der Waals surface area contributed by atoms with Crippen molar-refractivity contribution in [2.45, 2.75) is 6.54 Å². The number of thiophene rings is 1. The Kier molecular flexibility index (Phi) is 5.71. The van der Waals surface area contributed by atoms with Gasteiger partial charge in [-0.3, -0.25) is 9.59 Å². The van der Waals surface area contributed by atoms with Crippen LogP contribution in [0.1, 0.15) is 25.6 Å². The third-order valence-electron chi connectivity index (χ3n) is 3.82. The summed E-state index contributed by atoms with van der Waals surface area (Å²) in [5, 5.41) is 5.29. The molecule has 3 rings (SSSR count). The minimum absolute atomic E-state index is 0.142. The number of benzene rings is 2. The molecule has 1 N–H and O–H groups in total. The third-order valence-corrected chi connectivity index (χ3v) is 5.06. The number of rotatable bonds is 5. The van der Waals surface area contributed by atoms with Crippen molar-refractivity contribution in [2.24, 2.45) is 0 Å². The van der Waals surface area contributed by atoms with Gasteiger partial charge < -0.3 is 10.2 Å². The summed E-state index contributed by atoms with van der Waals surface area (Å²) in [5.74, 6) is -0.328. The summed E-state index contributed by atoms with van der Waals surface area (Å²) in [6.45, 7) is 0.407. The lowest BCUT2D eigenvalue weighted by Crippen LogP contribution is -2.26. The van der Waals surface area contributed by atoms with Crippen molar-refractivity contribution in [3.05, 3.63) is 87.1 Å². The van der Waals surface area contributed by atoms with Crippen LogP contribution in [0.15, 0.2) is 66.0 Å². The van der Waals surface area contributed by atoms with E-state index in [9.17, 15) is 9.59 Å². The van der Waals surface area contributed by atoms with Crippen molar-refractivity contribution in [1.29, 1.82) is 0 Å². The van der Waals surface area contributed by atoms with Gasteiger partial charge in [-0.15, -0.1) is 11.3 Å². The molecule has 0 spiro atoms. The van der Waals surface area contributed by atoms with Crippen LogP contribution < -0.4 is 5.32 Å². The molecule has 0 fully saturated rings. The molecule has 0 aliphatic heterocycles. The molecule has 1 aromatic heterocycles. The lowest BCUT2D eigenvalue weighted by atomic mass is 10.1. The van der Waals surface area contributed by atoms with Crippen molar-refractivity contribution in [3.63, 3.8) is 0 Å². The first-order valence-corrected chi connectivity index (χ1v) is 9.24. The van der Waals surface area contributed by atoms with E-state index in [1.165, 1.54) is 11.3 Å². The van der Waals surface area contributed by atoms with E-state index in [4.69, 9.17) is 11.6 Å². The Labute approximate surface area is 161 Å². The van der Waals surface area contributed by atoms with E-state index < -0.39 is 0 Å². The van der Waals surface area contributed by atoms with E-state index in [2.05, 4.69) is 5.32 Å². The second-order valence-electron chi connectivity index (χ2n) is 5.76. The summed E-state index contributed by atoms with van der Waals surface area (Å²) in [7, 11) is 1.72. The number of nitrogens with one attached hydrogen (secondary N) is 1. The maximum Gasteiger partial charge on any atom is 0.265 e. The van der Waals surface area contributed by atoms with Crippen LogP contribution in [-0.4, -0.2) is 23.8 Å². The normalized spacial score (nSPS) is 10.4. The Morgan fingerprint density at radius 3 is 2.62 bits per heavy atom. The SMILES string of the molecule is CN(Cc1ccccc1Cl)C(=O)c1cccc(NC(=O)c2cccs2)c1. The number of hydrogen-bond donors (Lipinski definition) is 1. The van der Waals surface area contributed by atoms with Crippen LogP contribution in [0, 0.1) is 0 Å². The van der Waals surface area contributed by atoms with Crippen molar-refractivity contribution >= 4 is 40.4 Å². The minimum atomic E-state index is -0.186. The molecule has 0 aliphatic carbocycles. The number of carbonyl (C=O) groups is 2. The van der Waals surface area contributed by atoms with E-state index in [-0.39, 0.29) is 11.8 Å². The van der Waals surface area contributed by atoms with Crippen molar-refractivity contribution in [1.82, 2.24) is 4.90 Å². The molecule has 0 unspecified atom stereocenters. The largest absolute Gasteiger partial charge is 0.337 e.